The number of rotatable bonds is 7. The molecule has 156 valence electrons. The summed E-state index contributed by atoms with van der Waals surface area (Å²) in [5.41, 5.74) is 3.95. The number of benzene rings is 2. The van der Waals surface area contributed by atoms with Crippen LogP contribution in [0.1, 0.15) is 36.6 Å². The lowest BCUT2D eigenvalue weighted by atomic mass is 9.99. The topological polar surface area (TPSA) is 53.6 Å². The summed E-state index contributed by atoms with van der Waals surface area (Å²) >= 11 is 0. The van der Waals surface area contributed by atoms with E-state index >= 15 is 0 Å². The molecule has 1 saturated heterocycles. The average Bonchev–Trinajstić information content (AvgIpc) is 2.72. The van der Waals surface area contributed by atoms with E-state index in [0.717, 1.165) is 48.7 Å². The standard InChI is InChI=1S/C24H33N3O2/c1-18-10-11-19(2)21(16-18)26-23(28)22(20-8-6-5-7-9-20)25-17-24(3,4)27-12-14-29-15-13-27/h5-11,16,22,25H,12-15,17H2,1-4H3,(H,26,28)/t22-/m1/s1. The van der Waals surface area contributed by atoms with Crippen LogP contribution in [0.3, 0.4) is 0 Å². The van der Waals surface area contributed by atoms with Crippen LogP contribution in [0.25, 0.3) is 0 Å². The maximum Gasteiger partial charge on any atom is 0.246 e. The van der Waals surface area contributed by atoms with Crippen molar-refractivity contribution >= 4 is 11.6 Å². The predicted octanol–water partition coefficient (Wildman–Crippen LogP) is 3.68. The van der Waals surface area contributed by atoms with E-state index in [9.17, 15) is 4.79 Å². The van der Waals surface area contributed by atoms with E-state index in [1.807, 2.05) is 56.3 Å². The van der Waals surface area contributed by atoms with Crippen LogP contribution in [-0.2, 0) is 9.53 Å². The molecular weight excluding hydrogens is 362 g/mol. The van der Waals surface area contributed by atoms with Crippen molar-refractivity contribution in [3.63, 3.8) is 0 Å². The zero-order valence-electron chi connectivity index (χ0n) is 18.0. The molecule has 5 nitrogen and oxygen atoms in total. The number of hydrogen-bond acceptors (Lipinski definition) is 4. The van der Waals surface area contributed by atoms with Gasteiger partial charge < -0.3 is 15.4 Å². The summed E-state index contributed by atoms with van der Waals surface area (Å²) in [5.74, 6) is -0.0392. The number of aryl methyl sites for hydroxylation is 2. The van der Waals surface area contributed by atoms with E-state index in [1.54, 1.807) is 0 Å². The lowest BCUT2D eigenvalue weighted by Crippen LogP contribution is -2.55. The van der Waals surface area contributed by atoms with Crippen LogP contribution in [0.2, 0.25) is 0 Å². The van der Waals surface area contributed by atoms with Gasteiger partial charge in [0.25, 0.3) is 0 Å². The summed E-state index contributed by atoms with van der Waals surface area (Å²) in [4.78, 5) is 15.7. The van der Waals surface area contributed by atoms with Crippen molar-refractivity contribution in [2.45, 2.75) is 39.3 Å². The van der Waals surface area contributed by atoms with Crippen molar-refractivity contribution in [1.82, 2.24) is 10.2 Å². The Balaban J connectivity index is 1.76. The van der Waals surface area contributed by atoms with Crippen LogP contribution in [0.5, 0.6) is 0 Å². The first-order valence-electron chi connectivity index (χ1n) is 10.4. The zero-order valence-corrected chi connectivity index (χ0v) is 18.0. The number of nitrogens with one attached hydrogen (secondary N) is 2. The lowest BCUT2D eigenvalue weighted by molar-refractivity contribution is -0.118. The number of amides is 1. The molecule has 0 aromatic heterocycles. The van der Waals surface area contributed by atoms with Crippen molar-refractivity contribution < 1.29 is 9.53 Å². The first-order valence-corrected chi connectivity index (χ1v) is 10.4. The Bertz CT molecular complexity index is 814. The van der Waals surface area contributed by atoms with Gasteiger partial charge >= 0.3 is 0 Å². The fourth-order valence-electron chi connectivity index (χ4n) is 3.72. The summed E-state index contributed by atoms with van der Waals surface area (Å²) in [6, 6.07) is 15.6. The van der Waals surface area contributed by atoms with Gasteiger partial charge in [-0.15, -0.1) is 0 Å². The molecule has 2 aromatic carbocycles. The summed E-state index contributed by atoms with van der Waals surface area (Å²) in [6.07, 6.45) is 0. The third-order valence-electron chi connectivity index (χ3n) is 5.65. The molecule has 2 aromatic rings. The Hall–Kier alpha value is -2.21. The van der Waals surface area contributed by atoms with Crippen molar-refractivity contribution in [2.75, 3.05) is 38.2 Å². The second-order valence-electron chi connectivity index (χ2n) is 8.44. The second kappa shape index (κ2) is 9.53. The summed E-state index contributed by atoms with van der Waals surface area (Å²) < 4.78 is 5.49. The van der Waals surface area contributed by atoms with E-state index in [2.05, 4.69) is 35.4 Å². The van der Waals surface area contributed by atoms with Crippen LogP contribution in [0.4, 0.5) is 5.69 Å². The minimum Gasteiger partial charge on any atom is -0.379 e. The van der Waals surface area contributed by atoms with Crippen molar-refractivity contribution in [3.05, 3.63) is 65.2 Å². The second-order valence-corrected chi connectivity index (χ2v) is 8.44. The Morgan fingerprint density at radius 1 is 1.10 bits per heavy atom. The van der Waals surface area contributed by atoms with Crippen molar-refractivity contribution in [1.29, 1.82) is 0 Å². The first-order chi connectivity index (χ1) is 13.9. The number of carbonyl (C=O) groups is 1. The van der Waals surface area contributed by atoms with E-state index in [-0.39, 0.29) is 11.4 Å². The van der Waals surface area contributed by atoms with Crippen LogP contribution < -0.4 is 10.6 Å². The maximum absolute atomic E-state index is 13.3. The summed E-state index contributed by atoms with van der Waals surface area (Å²) in [6.45, 7) is 12.5. The molecule has 1 aliphatic rings. The molecule has 2 N–H and O–H groups in total. The van der Waals surface area contributed by atoms with Crippen molar-refractivity contribution in [3.8, 4) is 0 Å². The van der Waals surface area contributed by atoms with E-state index in [0.29, 0.717) is 6.54 Å². The minimum absolute atomic E-state index is 0.0392. The van der Waals surface area contributed by atoms with Gasteiger partial charge in [0, 0.05) is 30.9 Å². The molecule has 29 heavy (non-hydrogen) atoms. The van der Waals surface area contributed by atoms with Crippen LogP contribution in [-0.4, -0.2) is 49.2 Å². The molecular formula is C24H33N3O2. The van der Waals surface area contributed by atoms with Gasteiger partial charge in [0.1, 0.15) is 6.04 Å². The number of anilines is 1. The quantitative estimate of drug-likeness (QED) is 0.751. The largest absolute Gasteiger partial charge is 0.379 e. The van der Waals surface area contributed by atoms with Gasteiger partial charge in [-0.3, -0.25) is 9.69 Å². The van der Waals surface area contributed by atoms with Gasteiger partial charge in [-0.05, 0) is 50.5 Å². The summed E-state index contributed by atoms with van der Waals surface area (Å²) in [5, 5.41) is 6.66. The van der Waals surface area contributed by atoms with Gasteiger partial charge in [-0.2, -0.15) is 0 Å². The fraction of sp³-hybridized carbons (Fsp3) is 0.458. The zero-order chi connectivity index (χ0) is 20.9. The summed E-state index contributed by atoms with van der Waals surface area (Å²) in [7, 11) is 0. The Labute approximate surface area is 174 Å². The van der Waals surface area contributed by atoms with Gasteiger partial charge in [0.15, 0.2) is 0 Å². The van der Waals surface area contributed by atoms with E-state index < -0.39 is 6.04 Å². The molecule has 0 aliphatic carbocycles. The minimum atomic E-state index is -0.420. The fourth-order valence-corrected chi connectivity index (χ4v) is 3.72. The lowest BCUT2D eigenvalue weighted by Gasteiger charge is -2.41. The normalized spacial score (nSPS) is 16.4. The highest BCUT2D eigenvalue weighted by atomic mass is 16.5. The SMILES string of the molecule is Cc1ccc(C)c(NC(=O)[C@H](NCC(C)(C)N2CCOCC2)c2ccccc2)c1. The van der Waals surface area contributed by atoms with Gasteiger partial charge in [-0.25, -0.2) is 0 Å². The van der Waals surface area contributed by atoms with Gasteiger partial charge in [0.05, 0.1) is 13.2 Å². The molecule has 3 rings (SSSR count). The molecule has 1 amide bonds. The highest BCUT2D eigenvalue weighted by Crippen LogP contribution is 2.22. The number of morpholine rings is 1. The van der Waals surface area contributed by atoms with Gasteiger partial charge in [-0.1, -0.05) is 42.5 Å². The molecule has 0 unspecified atom stereocenters. The molecule has 0 spiro atoms. The first kappa shape index (κ1) is 21.5. The van der Waals surface area contributed by atoms with Crippen LogP contribution >= 0.6 is 0 Å². The number of nitrogens with zero attached hydrogens (tertiary/aromatic N) is 1. The number of carbonyl (C=O) groups excluding carboxylic acids is 1. The average molecular weight is 396 g/mol. The molecule has 0 bridgehead atoms. The Kier molecular flexibility index (Phi) is 7.06. The molecule has 1 atom stereocenters. The monoisotopic (exact) mass is 395 g/mol. The van der Waals surface area contributed by atoms with Crippen LogP contribution in [0, 0.1) is 13.8 Å². The van der Waals surface area contributed by atoms with Crippen molar-refractivity contribution in [2.24, 2.45) is 0 Å². The predicted molar refractivity (Wildman–Crippen MR) is 118 cm³/mol. The third-order valence-corrected chi connectivity index (χ3v) is 5.65. The Morgan fingerprint density at radius 3 is 2.48 bits per heavy atom. The Morgan fingerprint density at radius 2 is 1.79 bits per heavy atom. The maximum atomic E-state index is 13.3. The molecule has 1 heterocycles. The highest BCUT2D eigenvalue weighted by Gasteiger charge is 2.30. The smallest absolute Gasteiger partial charge is 0.246 e. The highest BCUT2D eigenvalue weighted by molar-refractivity contribution is 5.96. The van der Waals surface area contributed by atoms with E-state index in [4.69, 9.17) is 4.74 Å². The number of hydrogen-bond donors (Lipinski definition) is 2. The molecule has 0 radical (unpaired) electrons. The molecule has 5 heteroatoms. The molecule has 1 aliphatic heterocycles. The van der Waals surface area contributed by atoms with Crippen LogP contribution in [0.15, 0.2) is 48.5 Å². The van der Waals surface area contributed by atoms with E-state index in [1.165, 1.54) is 0 Å². The molecule has 1 fully saturated rings. The number of ether oxygens (including phenoxy) is 1. The third kappa shape index (κ3) is 5.66. The van der Waals surface area contributed by atoms with Gasteiger partial charge in [0.2, 0.25) is 5.91 Å². The molecule has 0 saturated carbocycles.